The van der Waals surface area contributed by atoms with Gasteiger partial charge in [-0.2, -0.15) is 11.8 Å². The van der Waals surface area contributed by atoms with Crippen molar-refractivity contribution < 1.29 is 13.3 Å². The van der Waals surface area contributed by atoms with Crippen LogP contribution >= 0.6 is 24.0 Å². The molecule has 0 aromatic rings. The standard InChI is InChI=1S/C10H24N2O3S2Si/c1-13-18(14-2,15-3)9-5-8-17-7-4-6-12-10(11)16/h4-9H2,1-3H3,(H3,11,12,16). The van der Waals surface area contributed by atoms with Crippen LogP contribution in [-0.2, 0) is 13.3 Å². The maximum Gasteiger partial charge on any atom is 0.500 e. The van der Waals surface area contributed by atoms with Crippen molar-refractivity contribution in [3.8, 4) is 0 Å². The molecule has 0 heterocycles. The van der Waals surface area contributed by atoms with E-state index in [0.29, 0.717) is 5.11 Å². The van der Waals surface area contributed by atoms with Gasteiger partial charge in [-0.3, -0.25) is 0 Å². The van der Waals surface area contributed by atoms with Crippen LogP contribution in [0.5, 0.6) is 0 Å². The molecule has 0 atom stereocenters. The summed E-state index contributed by atoms with van der Waals surface area (Å²) in [7, 11) is 2.57. The maximum absolute atomic E-state index is 5.35. The zero-order valence-corrected chi connectivity index (χ0v) is 14.0. The van der Waals surface area contributed by atoms with Crippen LogP contribution in [0.3, 0.4) is 0 Å². The Hall–Kier alpha value is 0.137. The summed E-state index contributed by atoms with van der Waals surface area (Å²) in [5.74, 6) is 2.18. The fraction of sp³-hybridized carbons (Fsp3) is 0.900. The number of rotatable bonds is 11. The summed E-state index contributed by atoms with van der Waals surface area (Å²) >= 11 is 6.63. The molecule has 5 nitrogen and oxygen atoms in total. The van der Waals surface area contributed by atoms with Gasteiger partial charge >= 0.3 is 8.80 Å². The normalized spacial score (nSPS) is 11.5. The molecule has 0 aromatic heterocycles. The van der Waals surface area contributed by atoms with Crippen LogP contribution < -0.4 is 11.1 Å². The lowest BCUT2D eigenvalue weighted by Gasteiger charge is -2.24. The molecule has 0 saturated carbocycles. The van der Waals surface area contributed by atoms with Gasteiger partial charge in [-0.1, -0.05) is 0 Å². The van der Waals surface area contributed by atoms with E-state index >= 15 is 0 Å². The van der Waals surface area contributed by atoms with Crippen LogP contribution in [0.1, 0.15) is 12.8 Å². The highest BCUT2D eigenvalue weighted by atomic mass is 32.2. The first-order valence-electron chi connectivity index (χ1n) is 5.86. The molecule has 8 heteroatoms. The number of hydrogen-bond acceptors (Lipinski definition) is 5. The van der Waals surface area contributed by atoms with E-state index in [-0.39, 0.29) is 0 Å². The third-order valence-corrected chi connectivity index (χ3v) is 6.60. The minimum Gasteiger partial charge on any atom is -0.377 e. The molecule has 0 radical (unpaired) electrons. The van der Waals surface area contributed by atoms with Gasteiger partial charge in [0.2, 0.25) is 0 Å². The first kappa shape index (κ1) is 18.1. The van der Waals surface area contributed by atoms with Crippen molar-refractivity contribution in [2.45, 2.75) is 18.9 Å². The smallest absolute Gasteiger partial charge is 0.377 e. The molecule has 0 fully saturated rings. The van der Waals surface area contributed by atoms with Crippen molar-refractivity contribution in [2.24, 2.45) is 5.73 Å². The van der Waals surface area contributed by atoms with Crippen LogP contribution in [-0.4, -0.2) is 53.3 Å². The van der Waals surface area contributed by atoms with Crippen molar-refractivity contribution in [2.75, 3.05) is 39.4 Å². The van der Waals surface area contributed by atoms with E-state index < -0.39 is 8.80 Å². The molecule has 0 amide bonds. The summed E-state index contributed by atoms with van der Waals surface area (Å²) in [5, 5.41) is 3.30. The molecule has 18 heavy (non-hydrogen) atoms. The van der Waals surface area contributed by atoms with Gasteiger partial charge in [-0.25, -0.2) is 0 Å². The number of thiocarbonyl (C=S) groups is 1. The Morgan fingerprint density at radius 3 is 2.22 bits per heavy atom. The topological polar surface area (TPSA) is 65.7 Å². The molecule has 0 saturated heterocycles. The number of nitrogens with two attached hydrogens (primary N) is 1. The van der Waals surface area contributed by atoms with Gasteiger partial charge in [0.25, 0.3) is 0 Å². The zero-order valence-electron chi connectivity index (χ0n) is 11.4. The summed E-state index contributed by atoms with van der Waals surface area (Å²) in [4.78, 5) is 0. The van der Waals surface area contributed by atoms with E-state index in [0.717, 1.165) is 36.9 Å². The molecular formula is C10H24N2O3S2Si. The first-order valence-corrected chi connectivity index (χ1v) is 9.36. The zero-order chi connectivity index (χ0) is 13.9. The maximum atomic E-state index is 5.35. The molecule has 0 spiro atoms. The fourth-order valence-electron chi connectivity index (χ4n) is 1.43. The summed E-state index contributed by atoms with van der Waals surface area (Å²) in [6.07, 6.45) is 2.10. The van der Waals surface area contributed by atoms with Gasteiger partial charge < -0.3 is 24.3 Å². The van der Waals surface area contributed by atoms with E-state index in [4.69, 9.17) is 31.2 Å². The van der Waals surface area contributed by atoms with Gasteiger partial charge in [-0.05, 0) is 36.6 Å². The molecule has 0 aliphatic rings. The van der Waals surface area contributed by atoms with E-state index in [1.54, 1.807) is 21.3 Å². The quantitative estimate of drug-likeness (QED) is 0.338. The van der Waals surface area contributed by atoms with E-state index in [1.807, 2.05) is 11.8 Å². The second kappa shape index (κ2) is 11.0. The van der Waals surface area contributed by atoms with Gasteiger partial charge in [-0.15, -0.1) is 0 Å². The molecule has 3 N–H and O–H groups in total. The lowest BCUT2D eigenvalue weighted by Crippen LogP contribution is -2.42. The Labute approximate surface area is 120 Å². The average Bonchev–Trinajstić information content (AvgIpc) is 2.38. The molecule has 0 aliphatic carbocycles. The van der Waals surface area contributed by atoms with Gasteiger partial charge in [0.15, 0.2) is 5.11 Å². The molecule has 108 valence electrons. The fourth-order valence-corrected chi connectivity index (χ4v) is 4.42. The summed E-state index contributed by atoms with van der Waals surface area (Å²) in [6, 6.07) is 0.856. The lowest BCUT2D eigenvalue weighted by atomic mass is 10.5. The Morgan fingerprint density at radius 2 is 1.72 bits per heavy atom. The number of hydrogen-bond donors (Lipinski definition) is 2. The minimum atomic E-state index is -2.37. The van der Waals surface area contributed by atoms with Gasteiger partial charge in [0.1, 0.15) is 0 Å². The summed E-state index contributed by atoms with van der Waals surface area (Å²) in [6.45, 7) is 0.842. The predicted octanol–water partition coefficient (Wildman–Crippen LogP) is 1.21. The van der Waals surface area contributed by atoms with Crippen molar-refractivity contribution in [1.82, 2.24) is 5.32 Å². The highest BCUT2D eigenvalue weighted by Gasteiger charge is 2.36. The Morgan fingerprint density at radius 1 is 1.17 bits per heavy atom. The number of thioether (sulfide) groups is 1. The van der Waals surface area contributed by atoms with Crippen LogP contribution in [0.2, 0.25) is 6.04 Å². The molecule has 0 bridgehead atoms. The molecule has 0 aliphatic heterocycles. The lowest BCUT2D eigenvalue weighted by molar-refractivity contribution is 0.123. The van der Waals surface area contributed by atoms with Crippen LogP contribution in [0.4, 0.5) is 0 Å². The Balaban J connectivity index is 3.47. The van der Waals surface area contributed by atoms with E-state index in [1.165, 1.54) is 0 Å². The van der Waals surface area contributed by atoms with Gasteiger partial charge in [0.05, 0.1) is 0 Å². The van der Waals surface area contributed by atoms with Crippen LogP contribution in [0.15, 0.2) is 0 Å². The summed E-state index contributed by atoms with van der Waals surface area (Å²) in [5.41, 5.74) is 5.33. The van der Waals surface area contributed by atoms with Crippen molar-refractivity contribution >= 4 is 37.9 Å². The third-order valence-electron chi connectivity index (χ3n) is 2.47. The van der Waals surface area contributed by atoms with Crippen LogP contribution in [0.25, 0.3) is 0 Å². The third kappa shape index (κ3) is 8.28. The van der Waals surface area contributed by atoms with E-state index in [9.17, 15) is 0 Å². The largest absolute Gasteiger partial charge is 0.500 e. The first-order chi connectivity index (χ1) is 8.60. The monoisotopic (exact) mass is 312 g/mol. The van der Waals surface area contributed by atoms with Crippen molar-refractivity contribution in [3.05, 3.63) is 0 Å². The molecule has 0 unspecified atom stereocenters. The summed E-state index contributed by atoms with van der Waals surface area (Å²) < 4.78 is 16.1. The predicted molar refractivity (Wildman–Crippen MR) is 82.9 cm³/mol. The van der Waals surface area contributed by atoms with E-state index in [2.05, 4.69) is 5.32 Å². The highest BCUT2D eigenvalue weighted by Crippen LogP contribution is 2.17. The minimum absolute atomic E-state index is 0.371. The number of nitrogens with one attached hydrogen (secondary N) is 1. The molecule has 0 rings (SSSR count). The Bertz CT molecular complexity index is 223. The molecular weight excluding hydrogens is 288 g/mol. The highest BCUT2D eigenvalue weighted by molar-refractivity contribution is 7.99. The van der Waals surface area contributed by atoms with Gasteiger partial charge in [0, 0.05) is 33.9 Å². The van der Waals surface area contributed by atoms with Crippen molar-refractivity contribution in [3.63, 3.8) is 0 Å². The van der Waals surface area contributed by atoms with Crippen molar-refractivity contribution in [1.29, 1.82) is 0 Å². The average molecular weight is 313 g/mol. The second-order valence-electron chi connectivity index (χ2n) is 3.66. The Kier molecular flexibility index (Phi) is 11.1. The van der Waals surface area contributed by atoms with Crippen LogP contribution in [0, 0.1) is 0 Å². The molecule has 0 aromatic carbocycles. The second-order valence-corrected chi connectivity index (χ2v) is 8.41. The SMILES string of the molecule is CO[Si](CCCSCCCNC(N)=S)(OC)OC.